The molecule has 0 amide bonds. The molecule has 1 fully saturated rings. The van der Waals surface area contributed by atoms with Gasteiger partial charge in [0.05, 0.1) is 18.1 Å². The van der Waals surface area contributed by atoms with Crippen LogP contribution >= 0.6 is 23.2 Å². The molecule has 0 aliphatic carbocycles. The zero-order valence-corrected chi connectivity index (χ0v) is 14.0. The monoisotopic (exact) mass is 348 g/mol. The predicted octanol–water partition coefficient (Wildman–Crippen LogP) is 3.11. The zero-order chi connectivity index (χ0) is 15.0. The molecule has 0 bridgehead atoms. The molecule has 2 unspecified atom stereocenters. The summed E-state index contributed by atoms with van der Waals surface area (Å²) in [5.41, 5.74) is 2.20. The normalized spacial score (nSPS) is 24.6. The predicted molar refractivity (Wildman–Crippen MR) is 85.3 cm³/mol. The van der Waals surface area contributed by atoms with Crippen LogP contribution in [0.4, 0.5) is 0 Å². The maximum absolute atomic E-state index is 11.7. The maximum Gasteiger partial charge on any atom is 0.150 e. The van der Waals surface area contributed by atoms with E-state index in [1.807, 2.05) is 12.1 Å². The summed E-state index contributed by atoms with van der Waals surface area (Å²) < 4.78 is 29.0. The van der Waals surface area contributed by atoms with E-state index in [2.05, 4.69) is 0 Å². The molecule has 3 nitrogen and oxygen atoms in total. The van der Waals surface area contributed by atoms with Crippen molar-refractivity contribution in [2.45, 2.75) is 19.3 Å². The number of halogens is 2. The molecule has 2 atom stereocenters. The molecule has 0 saturated carbocycles. The van der Waals surface area contributed by atoms with Crippen molar-refractivity contribution in [2.24, 2.45) is 11.8 Å². The Morgan fingerprint density at radius 3 is 2.86 bits per heavy atom. The molecule has 1 aromatic carbocycles. The van der Waals surface area contributed by atoms with Crippen LogP contribution in [0.5, 0.6) is 5.75 Å². The molecule has 116 valence electrons. The quantitative estimate of drug-likeness (QED) is 0.785. The number of rotatable bonds is 4. The zero-order valence-electron chi connectivity index (χ0n) is 11.6. The van der Waals surface area contributed by atoms with Gasteiger partial charge < -0.3 is 4.74 Å². The lowest BCUT2D eigenvalue weighted by molar-refractivity contribution is 0.345. The summed E-state index contributed by atoms with van der Waals surface area (Å²) in [5, 5.41) is 0.710. The number of hydrogen-bond acceptors (Lipinski definition) is 3. The molecule has 2 aliphatic rings. The van der Waals surface area contributed by atoms with Crippen LogP contribution in [0, 0.1) is 11.8 Å². The number of sulfone groups is 1. The van der Waals surface area contributed by atoms with E-state index in [9.17, 15) is 8.42 Å². The maximum atomic E-state index is 11.7. The minimum atomic E-state index is -2.88. The fourth-order valence-electron chi connectivity index (χ4n) is 3.32. The molecule has 0 aromatic heterocycles. The van der Waals surface area contributed by atoms with Crippen LogP contribution in [0.15, 0.2) is 12.1 Å². The lowest BCUT2D eigenvalue weighted by Gasteiger charge is -2.21. The third-order valence-corrected chi connectivity index (χ3v) is 6.85. The van der Waals surface area contributed by atoms with E-state index in [0.717, 1.165) is 29.7 Å². The van der Waals surface area contributed by atoms with Crippen LogP contribution in [-0.2, 0) is 22.7 Å². The Balaban J connectivity index is 1.82. The minimum Gasteiger partial charge on any atom is -0.493 e. The van der Waals surface area contributed by atoms with Gasteiger partial charge in [0.15, 0.2) is 9.84 Å². The smallest absolute Gasteiger partial charge is 0.150 e. The van der Waals surface area contributed by atoms with E-state index in [-0.39, 0.29) is 23.3 Å². The molecule has 1 aromatic rings. The number of fused-ring (bicyclic) bond motifs is 1. The Labute approximate surface area is 135 Å². The fourth-order valence-corrected chi connectivity index (χ4v) is 5.87. The molecule has 0 radical (unpaired) electrons. The van der Waals surface area contributed by atoms with Crippen molar-refractivity contribution >= 4 is 33.0 Å². The van der Waals surface area contributed by atoms with Crippen LogP contribution in [0.25, 0.3) is 0 Å². The fraction of sp³-hybridized carbons (Fsp3) is 0.600. The Hall–Kier alpha value is -0.450. The highest BCUT2D eigenvalue weighted by atomic mass is 35.5. The van der Waals surface area contributed by atoms with Gasteiger partial charge in [0.25, 0.3) is 0 Å². The molecular weight excluding hydrogens is 331 g/mol. The number of hydrogen-bond donors (Lipinski definition) is 0. The van der Waals surface area contributed by atoms with Gasteiger partial charge in [0.1, 0.15) is 5.75 Å². The van der Waals surface area contributed by atoms with E-state index in [4.69, 9.17) is 27.9 Å². The van der Waals surface area contributed by atoms with E-state index < -0.39 is 9.84 Å². The summed E-state index contributed by atoms with van der Waals surface area (Å²) in [6, 6.07) is 3.87. The van der Waals surface area contributed by atoms with Crippen LogP contribution < -0.4 is 4.74 Å². The average molecular weight is 349 g/mol. The molecule has 6 heteroatoms. The standard InChI is InChI=1S/C15H18Cl2O3S/c16-8-13(11-2-4-21(18,19)9-11)5-12-7-14(17)6-10-1-3-20-15(10)12/h6-7,11,13H,1-5,8-9H2. The molecule has 21 heavy (non-hydrogen) atoms. The van der Waals surface area contributed by atoms with Gasteiger partial charge in [-0.1, -0.05) is 11.6 Å². The van der Waals surface area contributed by atoms with Crippen molar-refractivity contribution < 1.29 is 13.2 Å². The van der Waals surface area contributed by atoms with Crippen LogP contribution in [0.1, 0.15) is 17.5 Å². The summed E-state index contributed by atoms with van der Waals surface area (Å²) in [5.74, 6) is 2.22. The molecular formula is C15H18Cl2O3S. The van der Waals surface area contributed by atoms with Crippen molar-refractivity contribution in [3.8, 4) is 5.75 Å². The van der Waals surface area contributed by atoms with Gasteiger partial charge in [0.2, 0.25) is 0 Å². The van der Waals surface area contributed by atoms with Crippen LogP contribution in [0.3, 0.4) is 0 Å². The molecule has 2 aliphatic heterocycles. The summed E-state index contributed by atoms with van der Waals surface area (Å²) in [4.78, 5) is 0. The van der Waals surface area contributed by atoms with Crippen molar-refractivity contribution in [1.29, 1.82) is 0 Å². The average Bonchev–Trinajstić information content (AvgIpc) is 3.01. The van der Waals surface area contributed by atoms with Crippen LogP contribution in [0.2, 0.25) is 5.02 Å². The van der Waals surface area contributed by atoms with Gasteiger partial charge >= 0.3 is 0 Å². The third kappa shape index (κ3) is 3.33. The van der Waals surface area contributed by atoms with Crippen molar-refractivity contribution in [3.63, 3.8) is 0 Å². The van der Waals surface area contributed by atoms with E-state index in [1.165, 1.54) is 0 Å². The first kappa shape index (κ1) is 15.4. The Kier molecular flexibility index (Phi) is 4.40. The van der Waals surface area contributed by atoms with Gasteiger partial charge in [-0.15, -0.1) is 11.6 Å². The topological polar surface area (TPSA) is 43.4 Å². The van der Waals surface area contributed by atoms with E-state index in [0.29, 0.717) is 23.9 Å². The Morgan fingerprint density at radius 1 is 1.38 bits per heavy atom. The lowest BCUT2D eigenvalue weighted by Crippen LogP contribution is -2.20. The minimum absolute atomic E-state index is 0.142. The highest BCUT2D eigenvalue weighted by molar-refractivity contribution is 7.91. The van der Waals surface area contributed by atoms with Gasteiger partial charge in [-0.2, -0.15) is 0 Å². The second-order valence-electron chi connectivity index (χ2n) is 5.93. The first-order chi connectivity index (χ1) is 9.98. The number of benzene rings is 1. The van der Waals surface area contributed by atoms with Gasteiger partial charge in [-0.05, 0) is 47.9 Å². The Bertz CT molecular complexity index is 643. The third-order valence-electron chi connectivity index (χ3n) is 4.44. The second kappa shape index (κ2) is 5.98. The van der Waals surface area contributed by atoms with Gasteiger partial charge in [0, 0.05) is 17.3 Å². The summed E-state index contributed by atoms with van der Waals surface area (Å²) >= 11 is 12.3. The molecule has 2 heterocycles. The van der Waals surface area contributed by atoms with Gasteiger partial charge in [-0.25, -0.2) is 8.42 Å². The first-order valence-corrected chi connectivity index (χ1v) is 9.92. The van der Waals surface area contributed by atoms with E-state index in [1.54, 1.807) is 0 Å². The summed E-state index contributed by atoms with van der Waals surface area (Å²) in [6.07, 6.45) is 2.32. The highest BCUT2D eigenvalue weighted by Crippen LogP contribution is 2.37. The number of ether oxygens (including phenoxy) is 1. The summed E-state index contributed by atoms with van der Waals surface area (Å²) in [6.45, 7) is 0.687. The first-order valence-electron chi connectivity index (χ1n) is 7.19. The van der Waals surface area contributed by atoms with Crippen molar-refractivity contribution in [2.75, 3.05) is 24.0 Å². The molecule has 0 spiro atoms. The number of alkyl halides is 1. The van der Waals surface area contributed by atoms with Gasteiger partial charge in [-0.3, -0.25) is 0 Å². The highest BCUT2D eigenvalue weighted by Gasteiger charge is 2.34. The van der Waals surface area contributed by atoms with Crippen molar-refractivity contribution in [1.82, 2.24) is 0 Å². The lowest BCUT2D eigenvalue weighted by atomic mass is 9.87. The molecule has 0 N–H and O–H groups in total. The summed E-state index contributed by atoms with van der Waals surface area (Å²) in [7, 11) is -2.88. The SMILES string of the molecule is O=S1(=O)CCC(C(CCl)Cc2cc(Cl)cc3c2OCC3)C1. The molecule has 1 saturated heterocycles. The molecule has 3 rings (SSSR count). The van der Waals surface area contributed by atoms with E-state index >= 15 is 0 Å². The second-order valence-corrected chi connectivity index (χ2v) is 8.91. The van der Waals surface area contributed by atoms with Crippen LogP contribution in [-0.4, -0.2) is 32.4 Å². The van der Waals surface area contributed by atoms with Crippen molar-refractivity contribution in [3.05, 3.63) is 28.3 Å². The largest absolute Gasteiger partial charge is 0.493 e. The Morgan fingerprint density at radius 2 is 2.19 bits per heavy atom.